The molecule has 0 amide bonds. The minimum Gasteiger partial charge on any atom is -0.331 e. The fourth-order valence-electron chi connectivity index (χ4n) is 1.55. The summed E-state index contributed by atoms with van der Waals surface area (Å²) in [6, 6.07) is 1.85. The zero-order valence-electron chi connectivity index (χ0n) is 8.82. The molecule has 0 saturated carbocycles. The summed E-state index contributed by atoms with van der Waals surface area (Å²) >= 11 is 0. The number of pyridine rings is 1. The predicted molar refractivity (Wildman–Crippen MR) is 58.7 cm³/mol. The molecular formula is C11H13N3O. The molecule has 0 spiro atoms. The molecule has 2 aromatic rings. The second kappa shape index (κ2) is 3.73. The van der Waals surface area contributed by atoms with E-state index in [1.807, 2.05) is 16.8 Å². The van der Waals surface area contributed by atoms with E-state index in [1.165, 1.54) is 0 Å². The topological polar surface area (TPSA) is 50.7 Å². The van der Waals surface area contributed by atoms with Gasteiger partial charge in [-0.15, -0.1) is 0 Å². The first kappa shape index (κ1) is 9.71. The summed E-state index contributed by atoms with van der Waals surface area (Å²) in [6.45, 7) is 4.72. The van der Waals surface area contributed by atoms with Crippen LogP contribution in [0.1, 0.15) is 12.5 Å². The highest BCUT2D eigenvalue weighted by Gasteiger charge is 2.05. The number of hydrogen-bond acceptors (Lipinski definition) is 2. The van der Waals surface area contributed by atoms with Gasteiger partial charge < -0.3 is 9.55 Å². The third-order valence-corrected chi connectivity index (χ3v) is 2.40. The monoisotopic (exact) mass is 203 g/mol. The van der Waals surface area contributed by atoms with Crippen LogP contribution in [0.4, 0.5) is 0 Å². The van der Waals surface area contributed by atoms with Gasteiger partial charge in [-0.2, -0.15) is 0 Å². The van der Waals surface area contributed by atoms with E-state index in [-0.39, 0.29) is 5.56 Å². The molecule has 0 aliphatic heterocycles. The molecule has 78 valence electrons. The summed E-state index contributed by atoms with van der Waals surface area (Å²) in [4.78, 5) is 18.2. The van der Waals surface area contributed by atoms with Crippen LogP contribution in [-0.2, 0) is 6.54 Å². The lowest BCUT2D eigenvalue weighted by Gasteiger charge is -2.04. The number of aromatic nitrogens is 3. The number of hydrogen-bond donors (Lipinski definition) is 1. The molecule has 2 rings (SSSR count). The van der Waals surface area contributed by atoms with Gasteiger partial charge in [0, 0.05) is 36.3 Å². The maximum Gasteiger partial charge on any atom is 0.250 e. The van der Waals surface area contributed by atoms with Crippen molar-refractivity contribution in [1.82, 2.24) is 14.5 Å². The lowest BCUT2D eigenvalue weighted by molar-refractivity contribution is 0.770. The minimum absolute atomic E-state index is 0.0478. The molecule has 0 saturated heterocycles. The zero-order valence-corrected chi connectivity index (χ0v) is 8.82. The SMILES string of the molecule is CCn1ccnc1-c1c[nH]c(=O)c(C)c1. The number of imidazole rings is 1. The Labute approximate surface area is 87.6 Å². The summed E-state index contributed by atoms with van der Waals surface area (Å²) in [6.07, 6.45) is 5.39. The van der Waals surface area contributed by atoms with E-state index in [9.17, 15) is 4.79 Å². The molecule has 0 aliphatic rings. The summed E-state index contributed by atoms with van der Waals surface area (Å²) in [7, 11) is 0. The van der Waals surface area contributed by atoms with Crippen molar-refractivity contribution in [2.75, 3.05) is 0 Å². The first-order valence-electron chi connectivity index (χ1n) is 4.93. The van der Waals surface area contributed by atoms with Crippen LogP contribution >= 0.6 is 0 Å². The Morgan fingerprint density at radius 1 is 1.53 bits per heavy atom. The van der Waals surface area contributed by atoms with Gasteiger partial charge >= 0.3 is 0 Å². The molecule has 4 heteroatoms. The fourth-order valence-corrected chi connectivity index (χ4v) is 1.55. The van der Waals surface area contributed by atoms with Crippen LogP contribution in [0.2, 0.25) is 0 Å². The van der Waals surface area contributed by atoms with Crippen molar-refractivity contribution < 1.29 is 0 Å². The molecule has 4 nitrogen and oxygen atoms in total. The Bertz CT molecular complexity index is 525. The zero-order chi connectivity index (χ0) is 10.8. The van der Waals surface area contributed by atoms with Crippen LogP contribution in [0, 0.1) is 6.92 Å². The maximum absolute atomic E-state index is 11.2. The van der Waals surface area contributed by atoms with E-state index in [0.717, 1.165) is 17.9 Å². The molecule has 15 heavy (non-hydrogen) atoms. The van der Waals surface area contributed by atoms with E-state index in [2.05, 4.69) is 16.9 Å². The van der Waals surface area contributed by atoms with Crippen LogP contribution in [-0.4, -0.2) is 14.5 Å². The maximum atomic E-state index is 11.2. The van der Waals surface area contributed by atoms with E-state index in [0.29, 0.717) is 5.56 Å². The minimum atomic E-state index is -0.0478. The van der Waals surface area contributed by atoms with Crippen molar-refractivity contribution in [1.29, 1.82) is 0 Å². The quantitative estimate of drug-likeness (QED) is 0.805. The average Bonchev–Trinajstić information content (AvgIpc) is 2.70. The van der Waals surface area contributed by atoms with Gasteiger partial charge in [0.15, 0.2) is 0 Å². The molecule has 1 N–H and O–H groups in total. The van der Waals surface area contributed by atoms with Gasteiger partial charge in [-0.1, -0.05) is 0 Å². The highest BCUT2D eigenvalue weighted by Crippen LogP contribution is 2.15. The molecule has 2 aromatic heterocycles. The van der Waals surface area contributed by atoms with Crippen LogP contribution in [0.5, 0.6) is 0 Å². The van der Waals surface area contributed by atoms with E-state index >= 15 is 0 Å². The number of nitrogens with one attached hydrogen (secondary N) is 1. The molecular weight excluding hydrogens is 190 g/mol. The largest absolute Gasteiger partial charge is 0.331 e. The molecule has 0 bridgehead atoms. The average molecular weight is 203 g/mol. The van der Waals surface area contributed by atoms with Crippen molar-refractivity contribution in [2.24, 2.45) is 0 Å². The summed E-state index contributed by atoms with van der Waals surface area (Å²) in [5, 5.41) is 0. The van der Waals surface area contributed by atoms with Gasteiger partial charge in [-0.05, 0) is 19.9 Å². The Balaban J connectivity index is 2.54. The lowest BCUT2D eigenvalue weighted by atomic mass is 10.2. The fraction of sp³-hybridized carbons (Fsp3) is 0.273. The Hall–Kier alpha value is -1.84. The molecule has 0 fully saturated rings. The predicted octanol–water partition coefficient (Wildman–Crippen LogP) is 1.57. The van der Waals surface area contributed by atoms with Crippen molar-refractivity contribution in [3.8, 4) is 11.4 Å². The number of nitrogens with zero attached hydrogens (tertiary/aromatic N) is 2. The van der Waals surface area contributed by atoms with E-state index in [1.54, 1.807) is 19.3 Å². The molecule has 0 unspecified atom stereocenters. The van der Waals surface area contributed by atoms with Crippen LogP contribution in [0.3, 0.4) is 0 Å². The molecule has 0 radical (unpaired) electrons. The normalized spacial score (nSPS) is 10.5. The Morgan fingerprint density at radius 3 is 3.00 bits per heavy atom. The summed E-state index contributed by atoms with van der Waals surface area (Å²) in [5.74, 6) is 0.886. The Morgan fingerprint density at radius 2 is 2.33 bits per heavy atom. The van der Waals surface area contributed by atoms with E-state index < -0.39 is 0 Å². The number of aromatic amines is 1. The van der Waals surface area contributed by atoms with E-state index in [4.69, 9.17) is 0 Å². The number of H-pyrrole nitrogens is 1. The van der Waals surface area contributed by atoms with Gasteiger partial charge in [0.25, 0.3) is 5.56 Å². The molecule has 0 aliphatic carbocycles. The van der Waals surface area contributed by atoms with Gasteiger partial charge in [0.2, 0.25) is 0 Å². The highest BCUT2D eigenvalue weighted by molar-refractivity contribution is 5.54. The molecule has 2 heterocycles. The number of aryl methyl sites for hydroxylation is 2. The van der Waals surface area contributed by atoms with Crippen LogP contribution < -0.4 is 5.56 Å². The molecule has 0 atom stereocenters. The standard InChI is InChI=1S/C11H13N3O/c1-3-14-5-4-12-10(14)9-6-8(2)11(15)13-7-9/h4-7H,3H2,1-2H3,(H,13,15). The van der Waals surface area contributed by atoms with Gasteiger partial charge in [-0.25, -0.2) is 4.98 Å². The number of rotatable bonds is 2. The van der Waals surface area contributed by atoms with Crippen molar-refractivity contribution in [3.63, 3.8) is 0 Å². The second-order valence-corrected chi connectivity index (χ2v) is 3.44. The molecule has 0 aromatic carbocycles. The van der Waals surface area contributed by atoms with Crippen molar-refractivity contribution in [2.45, 2.75) is 20.4 Å². The summed E-state index contributed by atoms with van der Waals surface area (Å²) < 4.78 is 2.03. The van der Waals surface area contributed by atoms with Gasteiger partial charge in [-0.3, -0.25) is 4.79 Å². The van der Waals surface area contributed by atoms with Gasteiger partial charge in [0.1, 0.15) is 5.82 Å². The van der Waals surface area contributed by atoms with Crippen LogP contribution in [0.15, 0.2) is 29.5 Å². The summed E-state index contributed by atoms with van der Waals surface area (Å²) in [5.41, 5.74) is 1.60. The smallest absolute Gasteiger partial charge is 0.250 e. The Kier molecular flexibility index (Phi) is 2.41. The second-order valence-electron chi connectivity index (χ2n) is 3.44. The lowest BCUT2D eigenvalue weighted by Crippen LogP contribution is -2.09. The van der Waals surface area contributed by atoms with Crippen molar-refractivity contribution in [3.05, 3.63) is 40.6 Å². The third-order valence-electron chi connectivity index (χ3n) is 2.40. The highest BCUT2D eigenvalue weighted by atomic mass is 16.1. The van der Waals surface area contributed by atoms with Crippen LogP contribution in [0.25, 0.3) is 11.4 Å². The first-order valence-corrected chi connectivity index (χ1v) is 4.93. The third kappa shape index (κ3) is 1.70. The first-order chi connectivity index (χ1) is 7.22. The van der Waals surface area contributed by atoms with Crippen molar-refractivity contribution >= 4 is 0 Å². The van der Waals surface area contributed by atoms with Gasteiger partial charge in [0.05, 0.1) is 0 Å².